The van der Waals surface area contributed by atoms with Gasteiger partial charge in [0, 0.05) is 5.69 Å². The second kappa shape index (κ2) is 7.25. The first-order valence-corrected chi connectivity index (χ1v) is 7.59. The lowest BCUT2D eigenvalue weighted by Crippen LogP contribution is -2.22. The van der Waals surface area contributed by atoms with Crippen molar-refractivity contribution in [2.75, 3.05) is 11.9 Å². The zero-order valence-corrected chi connectivity index (χ0v) is 14.2. The summed E-state index contributed by atoms with van der Waals surface area (Å²) in [6.45, 7) is 6.89. The first kappa shape index (κ1) is 17.7. The van der Waals surface area contributed by atoms with Crippen molar-refractivity contribution in [2.24, 2.45) is 0 Å². The highest BCUT2D eigenvalue weighted by Gasteiger charge is 2.13. The van der Waals surface area contributed by atoms with Gasteiger partial charge in [0.05, 0.1) is 5.56 Å². The number of anilines is 1. The first-order chi connectivity index (χ1) is 11.3. The van der Waals surface area contributed by atoms with Crippen molar-refractivity contribution >= 4 is 17.4 Å². The van der Waals surface area contributed by atoms with Gasteiger partial charge >= 0.3 is 0 Å². The number of rotatable bonds is 5. The van der Waals surface area contributed by atoms with Crippen molar-refractivity contribution in [3.05, 3.63) is 58.4 Å². The van der Waals surface area contributed by atoms with Gasteiger partial charge in [0.1, 0.15) is 11.6 Å². The van der Waals surface area contributed by atoms with Crippen LogP contribution in [0.3, 0.4) is 0 Å². The van der Waals surface area contributed by atoms with Crippen LogP contribution in [0.4, 0.5) is 10.1 Å². The average Bonchev–Trinajstić information content (AvgIpc) is 2.49. The quantitative estimate of drug-likeness (QED) is 0.845. The fourth-order valence-corrected chi connectivity index (χ4v) is 2.60. The van der Waals surface area contributed by atoms with Gasteiger partial charge in [-0.25, -0.2) is 4.39 Å². The summed E-state index contributed by atoms with van der Waals surface area (Å²) < 4.78 is 18.6. The Morgan fingerprint density at radius 3 is 2.29 bits per heavy atom. The van der Waals surface area contributed by atoms with Crippen LogP contribution in [0.1, 0.15) is 34.0 Å². The molecule has 0 spiro atoms. The van der Waals surface area contributed by atoms with Gasteiger partial charge in [-0.05, 0) is 57.0 Å². The summed E-state index contributed by atoms with van der Waals surface area (Å²) in [4.78, 5) is 23.7. The minimum absolute atomic E-state index is 0.116. The van der Waals surface area contributed by atoms with Crippen LogP contribution in [-0.4, -0.2) is 18.3 Å². The molecular formula is C19H20FNO3. The predicted molar refractivity (Wildman–Crippen MR) is 91.2 cm³/mol. The van der Waals surface area contributed by atoms with Crippen molar-refractivity contribution in [1.29, 1.82) is 0 Å². The number of benzene rings is 2. The van der Waals surface area contributed by atoms with Crippen LogP contribution >= 0.6 is 0 Å². The van der Waals surface area contributed by atoms with E-state index in [1.807, 2.05) is 32.9 Å². The molecule has 0 aromatic heterocycles. The molecule has 1 N–H and O–H groups in total. The zero-order chi connectivity index (χ0) is 17.9. The maximum Gasteiger partial charge on any atom is 0.262 e. The van der Waals surface area contributed by atoms with E-state index in [0.717, 1.165) is 28.4 Å². The minimum atomic E-state index is -0.525. The van der Waals surface area contributed by atoms with Crippen LogP contribution in [0.5, 0.6) is 5.75 Å². The van der Waals surface area contributed by atoms with E-state index >= 15 is 0 Å². The molecule has 2 rings (SSSR count). The Kier molecular flexibility index (Phi) is 5.34. The zero-order valence-electron chi connectivity index (χ0n) is 14.2. The van der Waals surface area contributed by atoms with E-state index in [1.165, 1.54) is 19.1 Å². The number of carbonyl (C=O) groups excluding carboxylic acids is 2. The van der Waals surface area contributed by atoms with Crippen LogP contribution in [-0.2, 0) is 4.79 Å². The molecule has 0 radical (unpaired) electrons. The molecule has 2 aromatic rings. The van der Waals surface area contributed by atoms with E-state index in [2.05, 4.69) is 5.32 Å². The van der Waals surface area contributed by atoms with Crippen LogP contribution in [0.15, 0.2) is 30.3 Å². The number of hydrogen-bond acceptors (Lipinski definition) is 3. The van der Waals surface area contributed by atoms with Crippen molar-refractivity contribution in [3.63, 3.8) is 0 Å². The molecule has 126 valence electrons. The Balaban J connectivity index is 2.09. The Bertz CT molecular complexity index is 776. The summed E-state index contributed by atoms with van der Waals surface area (Å²) in [7, 11) is 0. The van der Waals surface area contributed by atoms with Crippen molar-refractivity contribution in [3.8, 4) is 5.75 Å². The van der Waals surface area contributed by atoms with E-state index in [9.17, 15) is 14.0 Å². The Hall–Kier alpha value is -2.69. The number of carbonyl (C=O) groups is 2. The summed E-state index contributed by atoms with van der Waals surface area (Å²) in [5.41, 5.74) is 3.92. The SMILES string of the molecule is CC(=O)c1cc(F)ccc1OCC(=O)Nc1c(C)cc(C)cc1C. The molecule has 1 amide bonds. The first-order valence-electron chi connectivity index (χ1n) is 7.59. The molecule has 5 heteroatoms. The number of ether oxygens (including phenoxy) is 1. The topological polar surface area (TPSA) is 55.4 Å². The van der Waals surface area contributed by atoms with E-state index in [-0.39, 0.29) is 29.6 Å². The molecular weight excluding hydrogens is 309 g/mol. The molecule has 0 aliphatic rings. The molecule has 0 heterocycles. The number of hydrogen-bond donors (Lipinski definition) is 1. The molecule has 0 atom stereocenters. The third-order valence-corrected chi connectivity index (χ3v) is 3.62. The number of amides is 1. The lowest BCUT2D eigenvalue weighted by Gasteiger charge is -2.14. The maximum absolute atomic E-state index is 13.2. The van der Waals surface area contributed by atoms with Crippen LogP contribution in [0.25, 0.3) is 0 Å². The molecule has 0 unspecified atom stereocenters. The van der Waals surface area contributed by atoms with Gasteiger partial charge in [-0.1, -0.05) is 17.7 Å². The number of halogens is 1. The monoisotopic (exact) mass is 329 g/mol. The number of nitrogens with one attached hydrogen (secondary N) is 1. The van der Waals surface area contributed by atoms with E-state index in [0.29, 0.717) is 0 Å². The molecule has 4 nitrogen and oxygen atoms in total. The molecule has 0 fully saturated rings. The summed E-state index contributed by atoms with van der Waals surface area (Å²) in [5.74, 6) is -1.00. The van der Waals surface area contributed by atoms with E-state index in [4.69, 9.17) is 4.74 Å². The van der Waals surface area contributed by atoms with E-state index < -0.39 is 5.82 Å². The molecule has 0 saturated carbocycles. The molecule has 0 bridgehead atoms. The summed E-state index contributed by atoms with van der Waals surface area (Å²) in [5, 5.41) is 2.81. The second-order valence-corrected chi connectivity index (χ2v) is 5.81. The second-order valence-electron chi connectivity index (χ2n) is 5.81. The Morgan fingerprint density at radius 2 is 1.71 bits per heavy atom. The number of ketones is 1. The lowest BCUT2D eigenvalue weighted by atomic mass is 10.1. The van der Waals surface area contributed by atoms with Gasteiger partial charge in [-0.2, -0.15) is 0 Å². The third-order valence-electron chi connectivity index (χ3n) is 3.62. The van der Waals surface area contributed by atoms with Crippen molar-refractivity contribution in [2.45, 2.75) is 27.7 Å². The number of Topliss-reactive ketones (excluding diaryl/α,β-unsaturated/α-hetero) is 1. The van der Waals surface area contributed by atoms with Crippen LogP contribution < -0.4 is 10.1 Å². The van der Waals surface area contributed by atoms with Crippen LogP contribution in [0.2, 0.25) is 0 Å². The fourth-order valence-electron chi connectivity index (χ4n) is 2.60. The predicted octanol–water partition coefficient (Wildman–Crippen LogP) is 3.97. The Labute approximate surface area is 140 Å². The Morgan fingerprint density at radius 1 is 1.08 bits per heavy atom. The highest BCUT2D eigenvalue weighted by Crippen LogP contribution is 2.23. The summed E-state index contributed by atoms with van der Waals surface area (Å²) in [6.07, 6.45) is 0. The number of aryl methyl sites for hydroxylation is 3. The maximum atomic E-state index is 13.2. The molecule has 2 aromatic carbocycles. The van der Waals surface area contributed by atoms with Gasteiger partial charge in [0.25, 0.3) is 5.91 Å². The smallest absolute Gasteiger partial charge is 0.262 e. The molecule has 24 heavy (non-hydrogen) atoms. The van der Waals surface area contributed by atoms with Gasteiger partial charge in [-0.3, -0.25) is 9.59 Å². The summed E-state index contributed by atoms with van der Waals surface area (Å²) >= 11 is 0. The summed E-state index contributed by atoms with van der Waals surface area (Å²) in [6, 6.07) is 7.61. The fraction of sp³-hybridized carbons (Fsp3) is 0.263. The average molecular weight is 329 g/mol. The van der Waals surface area contributed by atoms with Gasteiger partial charge in [-0.15, -0.1) is 0 Å². The molecule has 0 aliphatic heterocycles. The lowest BCUT2D eigenvalue weighted by molar-refractivity contribution is -0.118. The van der Waals surface area contributed by atoms with Gasteiger partial charge in [0.15, 0.2) is 12.4 Å². The molecule has 0 aliphatic carbocycles. The van der Waals surface area contributed by atoms with Crippen LogP contribution in [0, 0.1) is 26.6 Å². The van der Waals surface area contributed by atoms with Crippen molar-refractivity contribution in [1.82, 2.24) is 0 Å². The minimum Gasteiger partial charge on any atom is -0.483 e. The normalized spacial score (nSPS) is 10.4. The largest absolute Gasteiger partial charge is 0.483 e. The van der Waals surface area contributed by atoms with Gasteiger partial charge < -0.3 is 10.1 Å². The molecule has 0 saturated heterocycles. The third kappa shape index (κ3) is 4.19. The van der Waals surface area contributed by atoms with E-state index in [1.54, 1.807) is 0 Å². The standard InChI is InChI=1S/C19H20FNO3/c1-11-7-12(2)19(13(3)8-11)21-18(23)10-24-17-6-5-15(20)9-16(17)14(4)22/h5-9H,10H2,1-4H3,(H,21,23). The highest BCUT2D eigenvalue weighted by molar-refractivity contribution is 5.97. The van der Waals surface area contributed by atoms with Crippen molar-refractivity contribution < 1.29 is 18.7 Å². The van der Waals surface area contributed by atoms with Gasteiger partial charge in [0.2, 0.25) is 0 Å². The highest BCUT2D eigenvalue weighted by atomic mass is 19.1.